The van der Waals surface area contributed by atoms with Crippen molar-refractivity contribution in [3.8, 4) is 0 Å². The summed E-state index contributed by atoms with van der Waals surface area (Å²) in [6.07, 6.45) is 3.31. The van der Waals surface area contributed by atoms with Gasteiger partial charge >= 0.3 is 0 Å². The number of amides is 1. The summed E-state index contributed by atoms with van der Waals surface area (Å²) in [5.74, 6) is 1.24. The molecule has 3 aromatic rings. The lowest BCUT2D eigenvalue weighted by molar-refractivity contribution is 0.0948. The number of carbonyl (C=O) groups excluding carboxylic acids is 1. The van der Waals surface area contributed by atoms with Gasteiger partial charge in [0.15, 0.2) is 5.82 Å². The zero-order chi connectivity index (χ0) is 17.5. The van der Waals surface area contributed by atoms with Gasteiger partial charge < -0.3 is 15.2 Å². The summed E-state index contributed by atoms with van der Waals surface area (Å²) in [7, 11) is 0. The second kappa shape index (κ2) is 8.05. The van der Waals surface area contributed by atoms with E-state index in [1.807, 2.05) is 18.2 Å². The van der Waals surface area contributed by atoms with E-state index < -0.39 is 0 Å². The van der Waals surface area contributed by atoms with Crippen LogP contribution >= 0.6 is 0 Å². The lowest BCUT2D eigenvalue weighted by Crippen LogP contribution is -2.26. The van der Waals surface area contributed by atoms with Crippen molar-refractivity contribution in [2.24, 2.45) is 0 Å². The van der Waals surface area contributed by atoms with Crippen molar-refractivity contribution < 1.29 is 9.32 Å². The van der Waals surface area contributed by atoms with E-state index in [-0.39, 0.29) is 5.91 Å². The number of benzene rings is 1. The minimum atomic E-state index is -0.227. The normalized spacial score (nSPS) is 10.4. The molecule has 0 aliphatic heterocycles. The molecule has 2 aromatic heterocycles. The monoisotopic (exact) mass is 337 g/mol. The Kier molecular flexibility index (Phi) is 5.36. The third-order valence-corrected chi connectivity index (χ3v) is 3.53. The average molecular weight is 337 g/mol. The van der Waals surface area contributed by atoms with Crippen molar-refractivity contribution in [2.45, 2.75) is 19.8 Å². The van der Waals surface area contributed by atoms with Gasteiger partial charge in [-0.05, 0) is 31.4 Å². The molecule has 1 aromatic carbocycles. The predicted molar refractivity (Wildman–Crippen MR) is 93.7 cm³/mol. The van der Waals surface area contributed by atoms with Crippen LogP contribution in [-0.4, -0.2) is 27.6 Å². The van der Waals surface area contributed by atoms with Crippen LogP contribution in [0.5, 0.6) is 0 Å². The first kappa shape index (κ1) is 16.6. The molecule has 25 heavy (non-hydrogen) atoms. The number of carbonyl (C=O) groups is 1. The van der Waals surface area contributed by atoms with Crippen LogP contribution in [0.1, 0.15) is 28.2 Å². The zero-order valence-electron chi connectivity index (χ0n) is 13.9. The fourth-order valence-corrected chi connectivity index (χ4v) is 2.31. The largest absolute Gasteiger partial charge is 0.360 e. The van der Waals surface area contributed by atoms with Gasteiger partial charge in [-0.1, -0.05) is 35.5 Å². The molecule has 0 fully saturated rings. The zero-order valence-corrected chi connectivity index (χ0v) is 13.9. The standard InChI is InChI=1S/C18H19N5O2/c1-13-12-16(23-25-13)22-18-20-11-9-15(21-18)17(24)19-10-5-8-14-6-3-2-4-7-14/h2-4,6-7,9,11-12H,5,8,10H2,1H3,(H,19,24)(H,20,21,22,23). The lowest BCUT2D eigenvalue weighted by atomic mass is 10.1. The molecular weight excluding hydrogens is 318 g/mol. The number of hydrogen-bond acceptors (Lipinski definition) is 6. The second-order valence-electron chi connectivity index (χ2n) is 5.56. The summed E-state index contributed by atoms with van der Waals surface area (Å²) in [6, 6.07) is 13.5. The van der Waals surface area contributed by atoms with E-state index in [0.29, 0.717) is 29.8 Å². The lowest BCUT2D eigenvalue weighted by Gasteiger charge is -2.06. The Bertz CT molecular complexity index is 832. The van der Waals surface area contributed by atoms with Gasteiger partial charge in [0, 0.05) is 18.8 Å². The molecule has 128 valence electrons. The van der Waals surface area contributed by atoms with E-state index in [1.54, 1.807) is 19.1 Å². The molecule has 1 amide bonds. The van der Waals surface area contributed by atoms with Crippen molar-refractivity contribution in [1.29, 1.82) is 0 Å². The third-order valence-electron chi connectivity index (χ3n) is 3.53. The molecular formula is C18H19N5O2. The first-order valence-electron chi connectivity index (χ1n) is 8.06. The number of nitrogens with zero attached hydrogens (tertiary/aromatic N) is 3. The van der Waals surface area contributed by atoms with Crippen LogP contribution in [0, 0.1) is 6.92 Å². The number of hydrogen-bond donors (Lipinski definition) is 2. The quantitative estimate of drug-likeness (QED) is 0.644. The Hall–Kier alpha value is -3.22. The van der Waals surface area contributed by atoms with E-state index in [2.05, 4.69) is 37.9 Å². The highest BCUT2D eigenvalue weighted by atomic mass is 16.5. The summed E-state index contributed by atoms with van der Waals surface area (Å²) < 4.78 is 4.97. The molecule has 0 aliphatic rings. The van der Waals surface area contributed by atoms with Crippen LogP contribution in [0.25, 0.3) is 0 Å². The van der Waals surface area contributed by atoms with Gasteiger partial charge in [-0.15, -0.1) is 0 Å². The maximum absolute atomic E-state index is 12.2. The number of rotatable bonds is 7. The average Bonchev–Trinajstić information content (AvgIpc) is 3.04. The molecule has 0 unspecified atom stereocenters. The van der Waals surface area contributed by atoms with Crippen LogP contribution in [0.4, 0.5) is 11.8 Å². The Morgan fingerprint density at radius 2 is 2.04 bits per heavy atom. The second-order valence-corrected chi connectivity index (χ2v) is 5.56. The molecule has 0 atom stereocenters. The van der Waals surface area contributed by atoms with Crippen LogP contribution in [0.3, 0.4) is 0 Å². The van der Waals surface area contributed by atoms with Gasteiger partial charge in [-0.2, -0.15) is 0 Å². The topological polar surface area (TPSA) is 92.9 Å². The summed E-state index contributed by atoms with van der Waals surface area (Å²) in [4.78, 5) is 20.5. The van der Waals surface area contributed by atoms with Crippen LogP contribution < -0.4 is 10.6 Å². The fraction of sp³-hybridized carbons (Fsp3) is 0.222. The van der Waals surface area contributed by atoms with Crippen LogP contribution in [0.2, 0.25) is 0 Å². The Morgan fingerprint density at radius 3 is 2.80 bits per heavy atom. The first-order valence-corrected chi connectivity index (χ1v) is 8.06. The van der Waals surface area contributed by atoms with E-state index in [4.69, 9.17) is 4.52 Å². The molecule has 2 heterocycles. The van der Waals surface area contributed by atoms with Crippen molar-refractivity contribution in [3.63, 3.8) is 0 Å². The minimum absolute atomic E-state index is 0.227. The smallest absolute Gasteiger partial charge is 0.270 e. The van der Waals surface area contributed by atoms with Gasteiger partial charge in [-0.25, -0.2) is 9.97 Å². The molecule has 0 aliphatic carbocycles. The number of nitrogens with one attached hydrogen (secondary N) is 2. The fourth-order valence-electron chi connectivity index (χ4n) is 2.31. The molecule has 7 nitrogen and oxygen atoms in total. The Labute approximate surface area is 145 Å². The maximum Gasteiger partial charge on any atom is 0.270 e. The van der Waals surface area contributed by atoms with Crippen molar-refractivity contribution in [3.05, 3.63) is 65.7 Å². The molecule has 0 radical (unpaired) electrons. The molecule has 2 N–H and O–H groups in total. The summed E-state index contributed by atoms with van der Waals surface area (Å²) >= 11 is 0. The third kappa shape index (κ3) is 4.87. The van der Waals surface area contributed by atoms with Gasteiger partial charge in [0.05, 0.1) is 0 Å². The van der Waals surface area contributed by atoms with Crippen LogP contribution in [-0.2, 0) is 6.42 Å². The predicted octanol–water partition coefficient (Wildman–Crippen LogP) is 2.88. The molecule has 3 rings (SSSR count). The molecule has 0 bridgehead atoms. The Morgan fingerprint density at radius 1 is 1.20 bits per heavy atom. The molecule has 0 saturated carbocycles. The number of aromatic nitrogens is 3. The van der Waals surface area contributed by atoms with E-state index in [0.717, 1.165) is 12.8 Å². The maximum atomic E-state index is 12.2. The highest BCUT2D eigenvalue weighted by molar-refractivity contribution is 5.92. The number of aryl methyl sites for hydroxylation is 2. The number of anilines is 2. The van der Waals surface area contributed by atoms with Crippen molar-refractivity contribution in [2.75, 3.05) is 11.9 Å². The van der Waals surface area contributed by atoms with Crippen LogP contribution in [0.15, 0.2) is 53.2 Å². The molecule has 0 saturated heterocycles. The first-order chi connectivity index (χ1) is 12.2. The van der Waals surface area contributed by atoms with E-state index in [1.165, 1.54) is 11.8 Å². The SMILES string of the molecule is Cc1cc(Nc2nccc(C(=O)NCCCc3ccccc3)n2)no1. The Balaban J connectivity index is 1.50. The summed E-state index contributed by atoms with van der Waals surface area (Å²) in [6.45, 7) is 2.38. The van der Waals surface area contributed by atoms with Gasteiger partial charge in [0.1, 0.15) is 11.5 Å². The van der Waals surface area contributed by atoms with Gasteiger partial charge in [0.2, 0.25) is 5.95 Å². The molecule has 7 heteroatoms. The minimum Gasteiger partial charge on any atom is -0.360 e. The summed E-state index contributed by atoms with van der Waals surface area (Å²) in [5.41, 5.74) is 1.56. The van der Waals surface area contributed by atoms with E-state index >= 15 is 0 Å². The van der Waals surface area contributed by atoms with E-state index in [9.17, 15) is 4.79 Å². The highest BCUT2D eigenvalue weighted by Crippen LogP contribution is 2.12. The van der Waals surface area contributed by atoms with Gasteiger partial charge in [-0.3, -0.25) is 4.79 Å². The summed E-state index contributed by atoms with van der Waals surface area (Å²) in [5, 5.41) is 9.58. The molecule has 0 spiro atoms. The highest BCUT2D eigenvalue weighted by Gasteiger charge is 2.09. The van der Waals surface area contributed by atoms with Crippen molar-refractivity contribution >= 4 is 17.7 Å². The van der Waals surface area contributed by atoms with Crippen molar-refractivity contribution in [1.82, 2.24) is 20.4 Å². The van der Waals surface area contributed by atoms with Gasteiger partial charge in [0.25, 0.3) is 5.91 Å².